The smallest absolute Gasteiger partial charge is 0.122 e. The maximum absolute atomic E-state index is 9.09. The fourth-order valence-electron chi connectivity index (χ4n) is 1.40. The van der Waals surface area contributed by atoms with E-state index >= 15 is 0 Å². The molecule has 0 heterocycles. The highest BCUT2D eigenvalue weighted by molar-refractivity contribution is 9.10. The third kappa shape index (κ3) is 3.33. The van der Waals surface area contributed by atoms with E-state index in [4.69, 9.17) is 5.26 Å². The molecule has 1 aromatic carbocycles. The van der Waals surface area contributed by atoms with Crippen molar-refractivity contribution in [2.24, 2.45) is 0 Å². The van der Waals surface area contributed by atoms with E-state index in [-0.39, 0.29) is 6.04 Å². The Balaban J connectivity index is 2.98. The molecule has 0 saturated carbocycles. The van der Waals surface area contributed by atoms with E-state index in [1.165, 1.54) is 5.56 Å². The van der Waals surface area contributed by atoms with Crippen LogP contribution >= 0.6 is 15.9 Å². The SMILES string of the molecule is Cc1ccc(C(C#N)NC(C)C)c(Br)c1. The predicted octanol–water partition coefficient (Wildman–Crippen LogP) is 3.32. The van der Waals surface area contributed by atoms with Gasteiger partial charge in [0.25, 0.3) is 0 Å². The van der Waals surface area contributed by atoms with Crippen LogP contribution in [0.15, 0.2) is 22.7 Å². The maximum atomic E-state index is 9.09. The van der Waals surface area contributed by atoms with Crippen molar-refractivity contribution in [1.29, 1.82) is 5.26 Å². The molecular formula is C12H15BrN2. The standard InChI is InChI=1S/C12H15BrN2/c1-8(2)15-12(7-14)10-5-4-9(3)6-11(10)13/h4-6,8,12,15H,1-3H3. The molecule has 2 nitrogen and oxygen atoms in total. The summed E-state index contributed by atoms with van der Waals surface area (Å²) in [5, 5.41) is 12.3. The molecule has 0 radical (unpaired) electrons. The number of benzene rings is 1. The summed E-state index contributed by atoms with van der Waals surface area (Å²) in [6, 6.07) is 8.35. The van der Waals surface area contributed by atoms with E-state index in [0.29, 0.717) is 6.04 Å². The first-order valence-corrected chi connectivity index (χ1v) is 5.75. The number of hydrogen-bond donors (Lipinski definition) is 1. The van der Waals surface area contributed by atoms with Crippen molar-refractivity contribution in [3.63, 3.8) is 0 Å². The molecule has 0 saturated heterocycles. The average Bonchev–Trinajstić information content (AvgIpc) is 2.14. The number of aryl methyl sites for hydroxylation is 1. The van der Waals surface area contributed by atoms with Gasteiger partial charge in [0.1, 0.15) is 6.04 Å². The first kappa shape index (κ1) is 12.2. The number of nitriles is 1. The average molecular weight is 267 g/mol. The zero-order valence-electron chi connectivity index (χ0n) is 9.21. The molecule has 0 aliphatic rings. The van der Waals surface area contributed by atoms with Crippen molar-refractivity contribution in [2.75, 3.05) is 0 Å². The van der Waals surface area contributed by atoms with Crippen molar-refractivity contribution < 1.29 is 0 Å². The van der Waals surface area contributed by atoms with Gasteiger partial charge in [-0.1, -0.05) is 28.1 Å². The van der Waals surface area contributed by atoms with Gasteiger partial charge in [0.15, 0.2) is 0 Å². The largest absolute Gasteiger partial charge is 0.296 e. The number of rotatable bonds is 3. The highest BCUT2D eigenvalue weighted by atomic mass is 79.9. The molecule has 0 fully saturated rings. The van der Waals surface area contributed by atoms with Gasteiger partial charge >= 0.3 is 0 Å². The minimum Gasteiger partial charge on any atom is -0.296 e. The quantitative estimate of drug-likeness (QED) is 0.911. The lowest BCUT2D eigenvalue weighted by Gasteiger charge is -2.16. The lowest BCUT2D eigenvalue weighted by atomic mass is 10.1. The van der Waals surface area contributed by atoms with Gasteiger partial charge in [-0.2, -0.15) is 5.26 Å². The zero-order valence-corrected chi connectivity index (χ0v) is 10.8. The van der Waals surface area contributed by atoms with E-state index < -0.39 is 0 Å². The van der Waals surface area contributed by atoms with Crippen molar-refractivity contribution in [3.05, 3.63) is 33.8 Å². The van der Waals surface area contributed by atoms with Gasteiger partial charge in [-0.3, -0.25) is 5.32 Å². The number of halogens is 1. The molecule has 1 atom stereocenters. The Kier molecular flexibility index (Phi) is 4.31. The number of nitrogens with one attached hydrogen (secondary N) is 1. The minimum absolute atomic E-state index is 0.250. The summed E-state index contributed by atoms with van der Waals surface area (Å²) in [5.74, 6) is 0. The van der Waals surface area contributed by atoms with Crippen LogP contribution < -0.4 is 5.32 Å². The van der Waals surface area contributed by atoms with Gasteiger partial charge in [0.2, 0.25) is 0 Å². The van der Waals surface area contributed by atoms with Gasteiger partial charge < -0.3 is 0 Å². The lowest BCUT2D eigenvalue weighted by molar-refractivity contribution is 0.545. The monoisotopic (exact) mass is 266 g/mol. The van der Waals surface area contributed by atoms with Crippen LogP contribution in [0.2, 0.25) is 0 Å². The van der Waals surface area contributed by atoms with Gasteiger partial charge in [-0.25, -0.2) is 0 Å². The van der Waals surface area contributed by atoms with E-state index in [1.54, 1.807) is 0 Å². The lowest BCUT2D eigenvalue weighted by Crippen LogP contribution is -2.27. The fourth-order valence-corrected chi connectivity index (χ4v) is 2.12. The van der Waals surface area contributed by atoms with Crippen LogP contribution in [-0.2, 0) is 0 Å². The van der Waals surface area contributed by atoms with Gasteiger partial charge in [0, 0.05) is 10.5 Å². The summed E-state index contributed by atoms with van der Waals surface area (Å²) >= 11 is 3.49. The first-order chi connectivity index (χ1) is 7.04. The molecule has 1 N–H and O–H groups in total. The van der Waals surface area contributed by atoms with Crippen LogP contribution in [-0.4, -0.2) is 6.04 Å². The van der Waals surface area contributed by atoms with Crippen LogP contribution in [0.1, 0.15) is 31.0 Å². The summed E-state index contributed by atoms with van der Waals surface area (Å²) in [5.41, 5.74) is 2.18. The number of nitrogens with zero attached hydrogens (tertiary/aromatic N) is 1. The second kappa shape index (κ2) is 5.29. The zero-order chi connectivity index (χ0) is 11.4. The van der Waals surface area contributed by atoms with Crippen LogP contribution in [0.3, 0.4) is 0 Å². The van der Waals surface area contributed by atoms with Crippen molar-refractivity contribution in [2.45, 2.75) is 32.9 Å². The Morgan fingerprint density at radius 1 is 1.40 bits per heavy atom. The third-order valence-corrected chi connectivity index (χ3v) is 2.78. The fraction of sp³-hybridized carbons (Fsp3) is 0.417. The Morgan fingerprint density at radius 2 is 2.07 bits per heavy atom. The molecule has 1 rings (SSSR count). The van der Waals surface area contributed by atoms with Crippen LogP contribution in [0.5, 0.6) is 0 Å². The molecule has 1 unspecified atom stereocenters. The molecule has 0 amide bonds. The Labute approximate surface area is 99.4 Å². The van der Waals surface area contributed by atoms with Gasteiger partial charge in [0.05, 0.1) is 6.07 Å². The molecule has 0 aliphatic carbocycles. The third-order valence-electron chi connectivity index (χ3n) is 2.10. The molecule has 3 heteroatoms. The van der Waals surface area contributed by atoms with Crippen molar-refractivity contribution in [1.82, 2.24) is 5.32 Å². The second-order valence-corrected chi connectivity index (χ2v) is 4.76. The minimum atomic E-state index is -0.250. The molecule has 0 bridgehead atoms. The topological polar surface area (TPSA) is 35.8 Å². The van der Waals surface area contributed by atoms with Gasteiger partial charge in [-0.05, 0) is 38.0 Å². The molecule has 0 aromatic heterocycles. The summed E-state index contributed by atoms with van der Waals surface area (Å²) in [6.45, 7) is 6.10. The summed E-state index contributed by atoms with van der Waals surface area (Å²) in [7, 11) is 0. The summed E-state index contributed by atoms with van der Waals surface area (Å²) in [4.78, 5) is 0. The van der Waals surface area contributed by atoms with E-state index in [2.05, 4.69) is 27.3 Å². The van der Waals surface area contributed by atoms with E-state index in [1.807, 2.05) is 39.0 Å². The van der Waals surface area contributed by atoms with Crippen LogP contribution in [0, 0.1) is 18.3 Å². The summed E-state index contributed by atoms with van der Waals surface area (Å²) < 4.78 is 0.988. The highest BCUT2D eigenvalue weighted by Crippen LogP contribution is 2.24. The summed E-state index contributed by atoms with van der Waals surface area (Å²) in [6.07, 6.45) is 0. The molecule has 0 aliphatic heterocycles. The van der Waals surface area contributed by atoms with E-state index in [0.717, 1.165) is 10.0 Å². The molecule has 1 aromatic rings. The molecule has 0 spiro atoms. The van der Waals surface area contributed by atoms with Crippen molar-refractivity contribution >= 4 is 15.9 Å². The Bertz CT molecular complexity index is 380. The Hall–Kier alpha value is -0.850. The molecular weight excluding hydrogens is 252 g/mol. The van der Waals surface area contributed by atoms with Crippen LogP contribution in [0.4, 0.5) is 0 Å². The number of hydrogen-bond acceptors (Lipinski definition) is 2. The highest BCUT2D eigenvalue weighted by Gasteiger charge is 2.14. The predicted molar refractivity (Wildman–Crippen MR) is 65.5 cm³/mol. The van der Waals surface area contributed by atoms with Crippen molar-refractivity contribution in [3.8, 4) is 6.07 Å². The van der Waals surface area contributed by atoms with E-state index in [9.17, 15) is 0 Å². The first-order valence-electron chi connectivity index (χ1n) is 4.96. The maximum Gasteiger partial charge on any atom is 0.122 e. The second-order valence-electron chi connectivity index (χ2n) is 3.91. The van der Waals surface area contributed by atoms with Gasteiger partial charge in [-0.15, -0.1) is 0 Å². The normalized spacial score (nSPS) is 12.5. The Morgan fingerprint density at radius 3 is 2.53 bits per heavy atom. The van der Waals surface area contributed by atoms with Crippen LogP contribution in [0.25, 0.3) is 0 Å². The molecule has 15 heavy (non-hydrogen) atoms. The molecule has 80 valence electrons.